The number of fused-ring (bicyclic) bond motifs is 1. The van der Waals surface area contributed by atoms with E-state index in [2.05, 4.69) is 15.6 Å². The van der Waals surface area contributed by atoms with Gasteiger partial charge in [0, 0.05) is 17.5 Å². The molecule has 1 saturated heterocycles. The van der Waals surface area contributed by atoms with Gasteiger partial charge in [-0.05, 0) is 29.7 Å². The molecule has 2 aliphatic rings. The molecule has 0 radical (unpaired) electrons. The van der Waals surface area contributed by atoms with Crippen molar-refractivity contribution in [1.29, 1.82) is 0 Å². The minimum absolute atomic E-state index is 0.205. The van der Waals surface area contributed by atoms with E-state index in [-0.39, 0.29) is 37.1 Å². The number of benzene rings is 2. The molecule has 0 spiro atoms. The Morgan fingerprint density at radius 2 is 1.89 bits per heavy atom. The molecule has 0 bridgehead atoms. The van der Waals surface area contributed by atoms with E-state index in [0.29, 0.717) is 24.3 Å². The topological polar surface area (TPSA) is 150 Å². The number of carbonyl (C=O) groups excluding carboxylic acids is 4. The number of carbonyl (C=O) groups is 4. The first-order chi connectivity index (χ1) is 16.9. The highest BCUT2D eigenvalue weighted by Gasteiger charge is 2.40. The Kier molecular flexibility index (Phi) is 5.73. The summed E-state index contributed by atoms with van der Waals surface area (Å²) in [4.78, 5) is 49.6. The van der Waals surface area contributed by atoms with E-state index in [9.17, 15) is 19.2 Å². The molecule has 3 heterocycles. The molecular weight excluding hydrogens is 452 g/mol. The maximum absolute atomic E-state index is 12.9. The van der Waals surface area contributed by atoms with Crippen LogP contribution >= 0.6 is 0 Å². The molecule has 1 unspecified atom stereocenters. The standard InChI is InChI=1S/C24H22N6O5/c25-22(32)19-10-26-28-30(19)11-14-4-6-15(7-5-14)13-35-20-3-1-2-16-17(20)12-29(24(16)34)18-8-9-21(31)27-23(18)33/h1-7,10,18H,8-9,11-13H2,(H2,25,32)(H,27,31,33). The van der Waals surface area contributed by atoms with Crippen molar-refractivity contribution in [3.05, 3.63) is 76.6 Å². The molecule has 3 N–H and O–H groups in total. The van der Waals surface area contributed by atoms with Crippen LogP contribution in [-0.4, -0.2) is 49.6 Å². The zero-order chi connectivity index (χ0) is 24.5. The van der Waals surface area contributed by atoms with Crippen LogP contribution in [0.2, 0.25) is 0 Å². The Bertz CT molecular complexity index is 1330. The Morgan fingerprint density at radius 1 is 1.11 bits per heavy atom. The second-order valence-electron chi connectivity index (χ2n) is 8.43. The maximum Gasteiger partial charge on any atom is 0.268 e. The number of nitrogens with zero attached hydrogens (tertiary/aromatic N) is 4. The van der Waals surface area contributed by atoms with E-state index >= 15 is 0 Å². The minimum atomic E-state index is -0.673. The van der Waals surface area contributed by atoms with E-state index in [1.165, 1.54) is 15.8 Å². The molecule has 4 amide bonds. The molecule has 1 fully saturated rings. The molecule has 5 rings (SSSR count). The fraction of sp³-hybridized carbons (Fsp3) is 0.250. The Labute approximate surface area is 199 Å². The summed E-state index contributed by atoms with van der Waals surface area (Å²) in [5.74, 6) is -1.03. The van der Waals surface area contributed by atoms with Crippen LogP contribution in [0, 0.1) is 0 Å². The number of hydrogen-bond acceptors (Lipinski definition) is 7. The van der Waals surface area contributed by atoms with E-state index in [4.69, 9.17) is 10.5 Å². The lowest BCUT2D eigenvalue weighted by atomic mass is 10.0. The van der Waals surface area contributed by atoms with Gasteiger partial charge in [-0.25, -0.2) is 4.68 Å². The molecule has 178 valence electrons. The van der Waals surface area contributed by atoms with E-state index < -0.39 is 17.9 Å². The number of ether oxygens (including phenoxy) is 1. The van der Waals surface area contributed by atoms with Crippen molar-refractivity contribution in [3.8, 4) is 5.75 Å². The van der Waals surface area contributed by atoms with Gasteiger partial charge >= 0.3 is 0 Å². The first-order valence-corrected chi connectivity index (χ1v) is 11.1. The lowest BCUT2D eigenvalue weighted by molar-refractivity contribution is -0.136. The monoisotopic (exact) mass is 474 g/mol. The van der Waals surface area contributed by atoms with Gasteiger partial charge < -0.3 is 15.4 Å². The number of piperidine rings is 1. The van der Waals surface area contributed by atoms with Gasteiger partial charge in [-0.15, -0.1) is 5.10 Å². The smallest absolute Gasteiger partial charge is 0.268 e. The maximum atomic E-state index is 12.9. The predicted molar refractivity (Wildman–Crippen MR) is 121 cm³/mol. The molecule has 0 saturated carbocycles. The molecule has 11 nitrogen and oxygen atoms in total. The molecule has 35 heavy (non-hydrogen) atoms. The van der Waals surface area contributed by atoms with E-state index in [1.54, 1.807) is 18.2 Å². The van der Waals surface area contributed by atoms with Gasteiger partial charge in [0.15, 0.2) is 0 Å². The van der Waals surface area contributed by atoms with Crippen LogP contribution < -0.4 is 15.8 Å². The van der Waals surface area contributed by atoms with E-state index in [0.717, 1.165) is 16.7 Å². The molecular formula is C24H22N6O5. The summed E-state index contributed by atoms with van der Waals surface area (Å²) >= 11 is 0. The van der Waals surface area contributed by atoms with Crippen LogP contribution in [0.3, 0.4) is 0 Å². The number of amides is 4. The number of imide groups is 1. The second-order valence-corrected chi connectivity index (χ2v) is 8.43. The second kappa shape index (κ2) is 9.01. The fourth-order valence-corrected chi connectivity index (χ4v) is 4.33. The molecule has 2 aliphatic heterocycles. The summed E-state index contributed by atoms with van der Waals surface area (Å²) in [5.41, 5.74) is 8.61. The van der Waals surface area contributed by atoms with Crippen LogP contribution in [0.25, 0.3) is 0 Å². The summed E-state index contributed by atoms with van der Waals surface area (Å²) in [7, 11) is 0. The normalized spacial score (nSPS) is 17.3. The Morgan fingerprint density at radius 3 is 2.63 bits per heavy atom. The summed E-state index contributed by atoms with van der Waals surface area (Å²) < 4.78 is 7.47. The van der Waals surface area contributed by atoms with Gasteiger partial charge in [-0.1, -0.05) is 35.5 Å². The first kappa shape index (κ1) is 22.3. The van der Waals surface area contributed by atoms with Crippen LogP contribution in [0.1, 0.15) is 50.4 Å². The number of rotatable bonds is 7. The summed E-state index contributed by atoms with van der Waals surface area (Å²) in [6, 6.07) is 12.2. The van der Waals surface area contributed by atoms with Crippen molar-refractivity contribution >= 4 is 23.6 Å². The van der Waals surface area contributed by atoms with Gasteiger partial charge in [-0.3, -0.25) is 24.5 Å². The van der Waals surface area contributed by atoms with Crippen LogP contribution in [0.4, 0.5) is 0 Å². The largest absolute Gasteiger partial charge is 0.489 e. The molecule has 11 heteroatoms. The molecule has 3 aromatic rings. The van der Waals surface area contributed by atoms with Crippen LogP contribution in [0.15, 0.2) is 48.7 Å². The van der Waals surface area contributed by atoms with Crippen LogP contribution in [0.5, 0.6) is 5.75 Å². The van der Waals surface area contributed by atoms with Crippen molar-refractivity contribution in [2.45, 2.75) is 38.6 Å². The zero-order valence-electron chi connectivity index (χ0n) is 18.6. The van der Waals surface area contributed by atoms with Gasteiger partial charge in [0.1, 0.15) is 24.1 Å². The average Bonchev–Trinajstić information content (AvgIpc) is 3.44. The van der Waals surface area contributed by atoms with Gasteiger partial charge in [0.2, 0.25) is 11.8 Å². The Hall–Kier alpha value is -4.54. The van der Waals surface area contributed by atoms with Gasteiger partial charge in [0.25, 0.3) is 11.8 Å². The van der Waals surface area contributed by atoms with Crippen molar-refractivity contribution in [2.24, 2.45) is 5.73 Å². The highest BCUT2D eigenvalue weighted by molar-refractivity contribution is 6.05. The number of primary amides is 1. The number of hydrogen-bond donors (Lipinski definition) is 2. The summed E-state index contributed by atoms with van der Waals surface area (Å²) in [5, 5.41) is 9.92. The number of nitrogens with two attached hydrogens (primary N) is 1. The highest BCUT2D eigenvalue weighted by Crippen LogP contribution is 2.34. The summed E-state index contributed by atoms with van der Waals surface area (Å²) in [6.07, 6.45) is 1.84. The highest BCUT2D eigenvalue weighted by atomic mass is 16.5. The van der Waals surface area contributed by atoms with Crippen molar-refractivity contribution in [1.82, 2.24) is 25.2 Å². The lowest BCUT2D eigenvalue weighted by Crippen LogP contribution is -2.52. The number of nitrogens with one attached hydrogen (secondary N) is 1. The molecule has 1 atom stereocenters. The number of aromatic nitrogens is 3. The fourth-order valence-electron chi connectivity index (χ4n) is 4.33. The average molecular weight is 474 g/mol. The third kappa shape index (κ3) is 4.35. The predicted octanol–water partition coefficient (Wildman–Crippen LogP) is 0.765. The van der Waals surface area contributed by atoms with Gasteiger partial charge in [-0.2, -0.15) is 0 Å². The van der Waals surface area contributed by atoms with Crippen LogP contribution in [-0.2, 0) is 29.3 Å². The Balaban J connectivity index is 1.25. The third-order valence-corrected chi connectivity index (χ3v) is 6.16. The summed E-state index contributed by atoms with van der Waals surface area (Å²) in [6.45, 7) is 0.874. The molecule has 0 aliphatic carbocycles. The lowest BCUT2D eigenvalue weighted by Gasteiger charge is -2.29. The van der Waals surface area contributed by atoms with Crippen molar-refractivity contribution in [2.75, 3.05) is 0 Å². The first-order valence-electron chi connectivity index (χ1n) is 11.1. The van der Waals surface area contributed by atoms with Crippen molar-refractivity contribution in [3.63, 3.8) is 0 Å². The zero-order valence-corrected chi connectivity index (χ0v) is 18.6. The molecule has 1 aromatic heterocycles. The minimum Gasteiger partial charge on any atom is -0.489 e. The quantitative estimate of drug-likeness (QED) is 0.480. The van der Waals surface area contributed by atoms with Crippen molar-refractivity contribution < 1.29 is 23.9 Å². The molecule has 2 aromatic carbocycles. The van der Waals surface area contributed by atoms with E-state index in [1.807, 2.05) is 24.3 Å². The third-order valence-electron chi connectivity index (χ3n) is 6.16. The SMILES string of the molecule is NC(=O)c1cnnn1Cc1ccc(COc2cccc3c2CN(C2CCC(=O)NC2=O)C3=O)cc1. The van der Waals surface area contributed by atoms with Gasteiger partial charge in [0.05, 0.1) is 19.3 Å².